The fourth-order valence-corrected chi connectivity index (χ4v) is 1.60. The molecule has 0 atom stereocenters. The number of anilines is 2. The molecular weight excluding hydrogens is 188 g/mol. The third-order valence-corrected chi connectivity index (χ3v) is 2.42. The lowest BCUT2D eigenvalue weighted by atomic mass is 10.1. The van der Waals surface area contributed by atoms with Gasteiger partial charge in [0.1, 0.15) is 0 Å². The van der Waals surface area contributed by atoms with Crippen LogP contribution in [0.1, 0.15) is 6.42 Å². The Bertz CT molecular complexity index is 365. The number of hydrogen-bond donors (Lipinski definition) is 1. The molecule has 1 heterocycles. The van der Waals surface area contributed by atoms with E-state index in [1.165, 1.54) is 0 Å². The van der Waals surface area contributed by atoms with Crippen molar-refractivity contribution in [1.82, 2.24) is 0 Å². The van der Waals surface area contributed by atoms with Crippen molar-refractivity contribution in [2.75, 3.05) is 17.2 Å². The molecule has 13 heavy (non-hydrogen) atoms. The molecule has 0 spiro atoms. The van der Waals surface area contributed by atoms with Gasteiger partial charge in [0.05, 0.1) is 10.7 Å². The van der Waals surface area contributed by atoms with Gasteiger partial charge in [-0.1, -0.05) is 11.6 Å². The molecule has 1 aliphatic heterocycles. The SMILES string of the molecule is Nc1ccc(N2CCC2=O)c(Cl)c1. The Balaban J connectivity index is 2.35. The van der Waals surface area contributed by atoms with Crippen LogP contribution in [-0.2, 0) is 4.79 Å². The molecule has 0 aromatic heterocycles. The Kier molecular flexibility index (Phi) is 1.88. The number of rotatable bonds is 1. The van der Waals surface area contributed by atoms with Gasteiger partial charge in [-0.05, 0) is 18.2 Å². The van der Waals surface area contributed by atoms with Gasteiger partial charge in [0.25, 0.3) is 0 Å². The summed E-state index contributed by atoms with van der Waals surface area (Å²) in [6.45, 7) is 0.752. The lowest BCUT2D eigenvalue weighted by Crippen LogP contribution is -2.43. The largest absolute Gasteiger partial charge is 0.399 e. The lowest BCUT2D eigenvalue weighted by molar-refractivity contribution is -0.122. The van der Waals surface area contributed by atoms with Crippen LogP contribution in [0, 0.1) is 0 Å². The number of nitrogens with zero attached hydrogens (tertiary/aromatic N) is 1. The van der Waals surface area contributed by atoms with Gasteiger partial charge in [-0.2, -0.15) is 0 Å². The fourth-order valence-electron chi connectivity index (χ4n) is 1.31. The quantitative estimate of drug-likeness (QED) is 0.549. The third-order valence-electron chi connectivity index (χ3n) is 2.11. The maximum atomic E-state index is 11.1. The van der Waals surface area contributed by atoms with Crippen LogP contribution >= 0.6 is 11.6 Å². The highest BCUT2D eigenvalue weighted by atomic mass is 35.5. The molecule has 3 nitrogen and oxygen atoms in total. The van der Waals surface area contributed by atoms with Crippen molar-refractivity contribution < 1.29 is 4.79 Å². The van der Waals surface area contributed by atoms with Crippen molar-refractivity contribution in [2.24, 2.45) is 0 Å². The topological polar surface area (TPSA) is 46.3 Å². The molecule has 4 heteroatoms. The van der Waals surface area contributed by atoms with E-state index in [0.29, 0.717) is 17.1 Å². The summed E-state index contributed by atoms with van der Waals surface area (Å²) in [6.07, 6.45) is 0.612. The summed E-state index contributed by atoms with van der Waals surface area (Å²) in [5.74, 6) is 0.117. The Labute approximate surface area is 81.1 Å². The van der Waals surface area contributed by atoms with Crippen LogP contribution in [-0.4, -0.2) is 12.5 Å². The van der Waals surface area contributed by atoms with E-state index < -0.39 is 0 Å². The number of amides is 1. The molecule has 1 aromatic rings. The van der Waals surface area contributed by atoms with Gasteiger partial charge in [0.2, 0.25) is 5.91 Å². The zero-order valence-electron chi connectivity index (χ0n) is 6.96. The molecule has 1 aliphatic rings. The van der Waals surface area contributed by atoms with E-state index in [9.17, 15) is 4.79 Å². The second-order valence-electron chi connectivity index (χ2n) is 3.01. The molecule has 0 bridgehead atoms. The molecule has 2 N–H and O–H groups in total. The van der Waals surface area contributed by atoms with E-state index in [0.717, 1.165) is 12.2 Å². The number of β-lactam (4-membered cyclic amide) rings is 1. The lowest BCUT2D eigenvalue weighted by Gasteiger charge is -2.31. The van der Waals surface area contributed by atoms with Gasteiger partial charge in [-0.3, -0.25) is 4.79 Å². The van der Waals surface area contributed by atoms with Crippen LogP contribution in [0.15, 0.2) is 18.2 Å². The minimum Gasteiger partial charge on any atom is -0.399 e. The molecule has 0 saturated carbocycles. The zero-order valence-corrected chi connectivity index (χ0v) is 7.71. The van der Waals surface area contributed by atoms with Crippen molar-refractivity contribution in [3.05, 3.63) is 23.2 Å². The smallest absolute Gasteiger partial charge is 0.228 e. The molecule has 0 unspecified atom stereocenters. The van der Waals surface area contributed by atoms with Crippen LogP contribution in [0.2, 0.25) is 5.02 Å². The molecule has 68 valence electrons. The summed E-state index contributed by atoms with van der Waals surface area (Å²) in [4.78, 5) is 12.8. The predicted octanol–water partition coefficient (Wildman–Crippen LogP) is 1.66. The summed E-state index contributed by atoms with van der Waals surface area (Å²) in [6, 6.07) is 5.17. The van der Waals surface area contributed by atoms with Gasteiger partial charge in [0, 0.05) is 18.7 Å². The van der Waals surface area contributed by atoms with E-state index in [1.54, 1.807) is 23.1 Å². The Morgan fingerprint density at radius 1 is 1.46 bits per heavy atom. The Morgan fingerprint density at radius 2 is 2.23 bits per heavy atom. The van der Waals surface area contributed by atoms with Crippen molar-refractivity contribution in [2.45, 2.75) is 6.42 Å². The van der Waals surface area contributed by atoms with Crippen LogP contribution in [0.4, 0.5) is 11.4 Å². The normalized spacial score (nSPS) is 15.8. The summed E-state index contributed by atoms with van der Waals surface area (Å²) < 4.78 is 0. The summed E-state index contributed by atoms with van der Waals surface area (Å²) in [7, 11) is 0. The van der Waals surface area contributed by atoms with Crippen molar-refractivity contribution in [3.8, 4) is 0 Å². The number of carbonyl (C=O) groups is 1. The first-order valence-corrected chi connectivity index (χ1v) is 4.41. The first-order valence-electron chi connectivity index (χ1n) is 4.04. The molecule has 1 fully saturated rings. The first kappa shape index (κ1) is 8.38. The van der Waals surface area contributed by atoms with E-state index in [1.807, 2.05) is 0 Å². The fraction of sp³-hybridized carbons (Fsp3) is 0.222. The maximum absolute atomic E-state index is 11.1. The minimum absolute atomic E-state index is 0.117. The third kappa shape index (κ3) is 1.35. The summed E-state index contributed by atoms with van der Waals surface area (Å²) in [5.41, 5.74) is 6.90. The van der Waals surface area contributed by atoms with Gasteiger partial charge >= 0.3 is 0 Å². The minimum atomic E-state index is 0.117. The molecular formula is C9H9ClN2O. The van der Waals surface area contributed by atoms with Crippen LogP contribution in [0.3, 0.4) is 0 Å². The van der Waals surface area contributed by atoms with E-state index in [2.05, 4.69) is 0 Å². The van der Waals surface area contributed by atoms with Gasteiger partial charge < -0.3 is 10.6 Å². The Morgan fingerprint density at radius 3 is 2.69 bits per heavy atom. The number of benzene rings is 1. The molecule has 1 saturated heterocycles. The molecule has 2 rings (SSSR count). The van der Waals surface area contributed by atoms with Gasteiger partial charge in [0.15, 0.2) is 0 Å². The summed E-state index contributed by atoms with van der Waals surface area (Å²) in [5, 5.41) is 0.535. The number of nitrogens with two attached hydrogens (primary N) is 1. The monoisotopic (exact) mass is 196 g/mol. The van der Waals surface area contributed by atoms with E-state index in [4.69, 9.17) is 17.3 Å². The number of nitrogen functional groups attached to an aromatic ring is 1. The van der Waals surface area contributed by atoms with E-state index >= 15 is 0 Å². The first-order chi connectivity index (χ1) is 6.18. The second kappa shape index (κ2) is 2.92. The average molecular weight is 197 g/mol. The van der Waals surface area contributed by atoms with Crippen LogP contribution in [0.5, 0.6) is 0 Å². The highest BCUT2D eigenvalue weighted by Crippen LogP contribution is 2.31. The van der Waals surface area contributed by atoms with Crippen LogP contribution < -0.4 is 10.6 Å². The average Bonchev–Trinajstić information content (AvgIpc) is 2.07. The molecule has 0 aliphatic carbocycles. The van der Waals surface area contributed by atoms with Gasteiger partial charge in [-0.15, -0.1) is 0 Å². The molecule has 0 radical (unpaired) electrons. The number of carbonyl (C=O) groups excluding carboxylic acids is 1. The van der Waals surface area contributed by atoms with Crippen molar-refractivity contribution in [3.63, 3.8) is 0 Å². The zero-order chi connectivity index (χ0) is 9.42. The molecule has 1 aromatic carbocycles. The van der Waals surface area contributed by atoms with E-state index in [-0.39, 0.29) is 5.91 Å². The highest BCUT2D eigenvalue weighted by Gasteiger charge is 2.26. The highest BCUT2D eigenvalue weighted by molar-refractivity contribution is 6.34. The second-order valence-corrected chi connectivity index (χ2v) is 3.41. The standard InChI is InChI=1S/C9H9ClN2O/c10-7-5-6(11)1-2-8(7)12-4-3-9(12)13/h1-2,5H,3-4,11H2. The predicted molar refractivity (Wildman–Crippen MR) is 52.8 cm³/mol. The van der Waals surface area contributed by atoms with Gasteiger partial charge in [-0.25, -0.2) is 0 Å². The number of halogens is 1. The Hall–Kier alpha value is -1.22. The van der Waals surface area contributed by atoms with Crippen molar-refractivity contribution >= 4 is 28.9 Å². The number of hydrogen-bond acceptors (Lipinski definition) is 2. The molecule has 1 amide bonds. The maximum Gasteiger partial charge on any atom is 0.228 e. The van der Waals surface area contributed by atoms with Crippen molar-refractivity contribution in [1.29, 1.82) is 0 Å². The van der Waals surface area contributed by atoms with Crippen LogP contribution in [0.25, 0.3) is 0 Å². The summed E-state index contributed by atoms with van der Waals surface area (Å²) >= 11 is 5.93.